The molecule has 2 heterocycles. The van der Waals surface area contributed by atoms with Crippen molar-refractivity contribution >= 4 is 45.5 Å². The van der Waals surface area contributed by atoms with Crippen LogP contribution in [0.5, 0.6) is 0 Å². The number of carbonyl (C=O) groups excluding carboxylic acids is 1. The van der Waals surface area contributed by atoms with Crippen molar-refractivity contribution in [2.24, 2.45) is 7.05 Å². The van der Waals surface area contributed by atoms with Gasteiger partial charge in [-0.2, -0.15) is 0 Å². The number of nitrogens with zero attached hydrogens (tertiary/aromatic N) is 3. The molecule has 0 bridgehead atoms. The second-order valence-electron chi connectivity index (χ2n) is 7.42. The number of nitrogens with two attached hydrogens (primary N) is 2. The number of anilines is 5. The van der Waals surface area contributed by atoms with Crippen LogP contribution in [0.15, 0.2) is 54.6 Å². The summed E-state index contributed by atoms with van der Waals surface area (Å²) in [5, 5.41) is 6.92. The molecule has 0 spiro atoms. The first-order valence-corrected chi connectivity index (χ1v) is 9.78. The monoisotopic (exact) mass is 414 g/mol. The Morgan fingerprint density at radius 1 is 0.968 bits per heavy atom. The van der Waals surface area contributed by atoms with Crippen molar-refractivity contribution in [3.05, 3.63) is 71.7 Å². The lowest BCUT2D eigenvalue weighted by Crippen LogP contribution is -2.36. The standard InChI is InChI=1S/C23H23N7O/c1-13-9-19(24)18-11-17(7-8-20(18)26-13)29-23(31)15-5-4-6-16(10-15)28-22-12-21(25)30(3)14(2)27-22/h4-12H,1-3H3,(H5,24,25,26,28,29,31)/p+1. The molecule has 2 aromatic heterocycles. The lowest BCUT2D eigenvalue weighted by atomic mass is 10.1. The van der Waals surface area contributed by atoms with Crippen LogP contribution in [-0.2, 0) is 7.05 Å². The summed E-state index contributed by atoms with van der Waals surface area (Å²) in [4.78, 5) is 21.8. The van der Waals surface area contributed by atoms with Gasteiger partial charge in [0.15, 0.2) is 0 Å². The largest absolute Gasteiger partial charge is 0.398 e. The van der Waals surface area contributed by atoms with Gasteiger partial charge in [0.25, 0.3) is 5.91 Å². The fourth-order valence-electron chi connectivity index (χ4n) is 3.33. The van der Waals surface area contributed by atoms with E-state index in [1.165, 1.54) is 0 Å². The Hall–Kier alpha value is -4.20. The van der Waals surface area contributed by atoms with Gasteiger partial charge in [0.05, 0.1) is 18.6 Å². The first-order chi connectivity index (χ1) is 14.8. The van der Waals surface area contributed by atoms with Gasteiger partial charge < -0.3 is 22.1 Å². The van der Waals surface area contributed by atoms with E-state index in [1.54, 1.807) is 22.8 Å². The van der Waals surface area contributed by atoms with E-state index in [2.05, 4.69) is 20.6 Å². The number of pyridine rings is 1. The molecule has 2 aromatic carbocycles. The summed E-state index contributed by atoms with van der Waals surface area (Å²) in [7, 11) is 1.85. The molecule has 0 aliphatic heterocycles. The van der Waals surface area contributed by atoms with Crippen LogP contribution in [0.1, 0.15) is 21.9 Å². The fourth-order valence-corrected chi connectivity index (χ4v) is 3.33. The van der Waals surface area contributed by atoms with Gasteiger partial charge in [0, 0.05) is 40.6 Å². The molecular formula is C23H24N7O+. The van der Waals surface area contributed by atoms with Crippen molar-refractivity contribution in [3.63, 3.8) is 0 Å². The summed E-state index contributed by atoms with van der Waals surface area (Å²) in [5.74, 6) is 1.74. The van der Waals surface area contributed by atoms with E-state index >= 15 is 0 Å². The topological polar surface area (TPSA) is 123 Å². The Bertz CT molecular complexity index is 1290. The zero-order chi connectivity index (χ0) is 22.1. The average Bonchev–Trinajstić information content (AvgIpc) is 2.72. The van der Waals surface area contributed by atoms with Gasteiger partial charge in [-0.15, -0.1) is 0 Å². The maximum atomic E-state index is 12.8. The van der Waals surface area contributed by atoms with E-state index in [1.807, 2.05) is 57.3 Å². The normalized spacial score (nSPS) is 10.8. The number of hydrogen-bond acceptors (Lipinski definition) is 6. The number of nitrogens with one attached hydrogen (secondary N) is 2. The zero-order valence-corrected chi connectivity index (χ0v) is 17.6. The van der Waals surface area contributed by atoms with Gasteiger partial charge in [-0.1, -0.05) is 11.1 Å². The van der Waals surface area contributed by atoms with Crippen LogP contribution in [0.4, 0.5) is 28.7 Å². The number of nitrogen functional groups attached to an aromatic ring is 2. The van der Waals surface area contributed by atoms with Crippen LogP contribution in [0.2, 0.25) is 0 Å². The summed E-state index contributed by atoms with van der Waals surface area (Å²) >= 11 is 0. The van der Waals surface area contributed by atoms with Crippen molar-refractivity contribution in [1.29, 1.82) is 0 Å². The second-order valence-corrected chi connectivity index (χ2v) is 7.42. The maximum absolute atomic E-state index is 12.8. The lowest BCUT2D eigenvalue weighted by molar-refractivity contribution is -0.666. The van der Waals surface area contributed by atoms with Gasteiger partial charge in [-0.05, 0) is 49.4 Å². The summed E-state index contributed by atoms with van der Waals surface area (Å²) in [6, 6.07) is 16.2. The first-order valence-electron chi connectivity index (χ1n) is 9.78. The van der Waals surface area contributed by atoms with E-state index in [0.29, 0.717) is 28.6 Å². The molecule has 0 radical (unpaired) electrons. The van der Waals surface area contributed by atoms with Crippen LogP contribution in [-0.4, -0.2) is 15.9 Å². The quantitative estimate of drug-likeness (QED) is 0.380. The molecule has 0 aliphatic rings. The van der Waals surface area contributed by atoms with Crippen LogP contribution in [0, 0.1) is 13.8 Å². The van der Waals surface area contributed by atoms with Crippen LogP contribution < -0.4 is 26.7 Å². The van der Waals surface area contributed by atoms with Crippen LogP contribution in [0.25, 0.3) is 10.9 Å². The molecule has 6 N–H and O–H groups in total. The van der Waals surface area contributed by atoms with Gasteiger partial charge >= 0.3 is 0 Å². The number of aromatic nitrogens is 3. The molecule has 31 heavy (non-hydrogen) atoms. The lowest BCUT2D eigenvalue weighted by Gasteiger charge is -2.10. The summed E-state index contributed by atoms with van der Waals surface area (Å²) < 4.78 is 1.79. The zero-order valence-electron chi connectivity index (χ0n) is 17.6. The highest BCUT2D eigenvalue weighted by Gasteiger charge is 2.12. The molecule has 156 valence electrons. The summed E-state index contributed by atoms with van der Waals surface area (Å²) in [6.45, 7) is 3.77. The SMILES string of the molecule is Cc1cc(N)c2cc(NC(=O)c3cccc(Nc4cc(N)[n+](C)c(C)n4)c3)ccc2n1. The Labute approximate surface area is 179 Å². The molecule has 8 nitrogen and oxygen atoms in total. The van der Waals surface area contributed by atoms with E-state index in [4.69, 9.17) is 11.5 Å². The van der Waals surface area contributed by atoms with Crippen molar-refractivity contribution in [2.45, 2.75) is 13.8 Å². The third-order valence-corrected chi connectivity index (χ3v) is 5.06. The van der Waals surface area contributed by atoms with E-state index in [9.17, 15) is 4.79 Å². The van der Waals surface area contributed by atoms with E-state index < -0.39 is 0 Å². The highest BCUT2D eigenvalue weighted by molar-refractivity contribution is 6.06. The molecule has 4 rings (SSSR count). The third-order valence-electron chi connectivity index (χ3n) is 5.06. The van der Waals surface area contributed by atoms with Crippen molar-refractivity contribution in [1.82, 2.24) is 9.97 Å². The molecule has 0 atom stereocenters. The van der Waals surface area contributed by atoms with Crippen LogP contribution in [0.3, 0.4) is 0 Å². The Balaban J connectivity index is 1.55. The van der Waals surface area contributed by atoms with E-state index in [-0.39, 0.29) is 5.91 Å². The Morgan fingerprint density at radius 3 is 2.55 bits per heavy atom. The molecule has 0 fully saturated rings. The highest BCUT2D eigenvalue weighted by Crippen LogP contribution is 2.25. The van der Waals surface area contributed by atoms with Crippen LogP contribution >= 0.6 is 0 Å². The van der Waals surface area contributed by atoms with Gasteiger partial charge in [0.2, 0.25) is 17.5 Å². The average molecular weight is 414 g/mol. The van der Waals surface area contributed by atoms with Gasteiger partial charge in [-0.25, -0.2) is 4.57 Å². The van der Waals surface area contributed by atoms with Crippen molar-refractivity contribution in [2.75, 3.05) is 22.1 Å². The molecule has 0 aliphatic carbocycles. The second kappa shape index (κ2) is 7.91. The highest BCUT2D eigenvalue weighted by atomic mass is 16.1. The third kappa shape index (κ3) is 4.23. The number of benzene rings is 2. The number of fused-ring (bicyclic) bond motifs is 1. The van der Waals surface area contributed by atoms with E-state index in [0.717, 1.165) is 28.1 Å². The molecule has 0 saturated carbocycles. The van der Waals surface area contributed by atoms with Gasteiger partial charge in [-0.3, -0.25) is 9.78 Å². The minimum atomic E-state index is -0.232. The molecule has 0 unspecified atom stereocenters. The number of amides is 1. The first kappa shape index (κ1) is 20.1. The van der Waals surface area contributed by atoms with Gasteiger partial charge in [0.1, 0.15) is 0 Å². The fraction of sp³-hybridized carbons (Fsp3) is 0.130. The van der Waals surface area contributed by atoms with Crippen molar-refractivity contribution < 1.29 is 9.36 Å². The number of rotatable bonds is 4. The molecular weight excluding hydrogens is 390 g/mol. The Kier molecular flexibility index (Phi) is 5.12. The Morgan fingerprint density at radius 2 is 1.77 bits per heavy atom. The predicted molar refractivity (Wildman–Crippen MR) is 123 cm³/mol. The molecule has 1 amide bonds. The number of aryl methyl sites for hydroxylation is 2. The summed E-state index contributed by atoms with van der Waals surface area (Å²) in [6.07, 6.45) is 0. The maximum Gasteiger partial charge on any atom is 0.255 e. The smallest absolute Gasteiger partial charge is 0.255 e. The number of hydrogen-bond donors (Lipinski definition) is 4. The predicted octanol–water partition coefficient (Wildman–Crippen LogP) is 3.23. The molecule has 8 heteroatoms. The summed E-state index contributed by atoms with van der Waals surface area (Å²) in [5.41, 5.74) is 16.3. The minimum Gasteiger partial charge on any atom is -0.398 e. The number of carbonyl (C=O) groups is 1. The minimum absolute atomic E-state index is 0.232. The molecule has 4 aromatic rings. The molecule has 0 saturated heterocycles. The van der Waals surface area contributed by atoms with Crippen molar-refractivity contribution in [3.8, 4) is 0 Å².